The number of esters is 1. The van der Waals surface area contributed by atoms with Crippen molar-refractivity contribution < 1.29 is 33.0 Å². The van der Waals surface area contributed by atoms with E-state index >= 15 is 0 Å². The third-order valence-corrected chi connectivity index (χ3v) is 6.11. The number of rotatable bonds is 8. The van der Waals surface area contributed by atoms with Crippen LogP contribution in [-0.4, -0.2) is 36.2 Å². The summed E-state index contributed by atoms with van der Waals surface area (Å²) in [4.78, 5) is 38.2. The molecule has 0 saturated carbocycles. The van der Waals surface area contributed by atoms with Crippen LogP contribution in [0.15, 0.2) is 63.9 Å². The Morgan fingerprint density at radius 1 is 1.06 bits per heavy atom. The van der Waals surface area contributed by atoms with Gasteiger partial charge in [-0.2, -0.15) is 0 Å². The maximum Gasteiger partial charge on any atom is 0.373 e. The minimum atomic E-state index is -0.634. The van der Waals surface area contributed by atoms with Crippen molar-refractivity contribution in [3.63, 3.8) is 0 Å². The molecular weight excluding hydrogens is 470 g/mol. The quantitative estimate of drug-likeness (QED) is 0.312. The standard InChI is InChI=1S/C26H23NO7S/c1-16-5-4-6-18(11-16)15-33-20-9-7-17(12-22(20)31-2)13-23-24(28)27(26(30)35-23)14-19-8-10-21(34-19)25(29)32-3/h4-13H,14-15H2,1-3H3/b23-13+. The molecule has 1 aromatic heterocycles. The molecule has 0 bridgehead atoms. The third-order valence-electron chi connectivity index (χ3n) is 5.20. The second-order valence-electron chi connectivity index (χ2n) is 7.71. The summed E-state index contributed by atoms with van der Waals surface area (Å²) < 4.78 is 21.4. The van der Waals surface area contributed by atoms with Gasteiger partial charge in [0, 0.05) is 0 Å². The maximum absolute atomic E-state index is 12.9. The van der Waals surface area contributed by atoms with Gasteiger partial charge in [-0.15, -0.1) is 0 Å². The Labute approximate surface area is 206 Å². The van der Waals surface area contributed by atoms with Crippen molar-refractivity contribution >= 4 is 35.0 Å². The van der Waals surface area contributed by atoms with Crippen LogP contribution in [0.2, 0.25) is 0 Å². The lowest BCUT2D eigenvalue weighted by Crippen LogP contribution is -2.27. The van der Waals surface area contributed by atoms with Gasteiger partial charge in [0.15, 0.2) is 11.5 Å². The fourth-order valence-electron chi connectivity index (χ4n) is 3.47. The molecule has 0 radical (unpaired) electrons. The van der Waals surface area contributed by atoms with Crippen molar-refractivity contribution in [2.45, 2.75) is 20.1 Å². The Morgan fingerprint density at radius 3 is 2.63 bits per heavy atom. The van der Waals surface area contributed by atoms with Crippen LogP contribution < -0.4 is 9.47 Å². The number of furan rings is 1. The van der Waals surface area contributed by atoms with Gasteiger partial charge in [0.25, 0.3) is 11.1 Å². The lowest BCUT2D eigenvalue weighted by Gasteiger charge is -2.12. The molecule has 35 heavy (non-hydrogen) atoms. The first-order valence-corrected chi connectivity index (χ1v) is 11.5. The zero-order valence-electron chi connectivity index (χ0n) is 19.4. The zero-order chi connectivity index (χ0) is 24.9. The third kappa shape index (κ3) is 5.58. The molecule has 3 aromatic rings. The monoisotopic (exact) mass is 493 g/mol. The van der Waals surface area contributed by atoms with Crippen molar-refractivity contribution in [2.75, 3.05) is 14.2 Å². The smallest absolute Gasteiger partial charge is 0.373 e. The molecule has 8 nitrogen and oxygen atoms in total. The summed E-state index contributed by atoms with van der Waals surface area (Å²) in [6.45, 7) is 2.32. The van der Waals surface area contributed by atoms with Crippen LogP contribution in [0.1, 0.15) is 33.0 Å². The SMILES string of the molecule is COC(=O)c1ccc(CN2C(=O)S/C(=C/c3ccc(OCc4cccc(C)c4)c(OC)c3)C2=O)o1. The van der Waals surface area contributed by atoms with Crippen LogP contribution in [0.25, 0.3) is 6.08 Å². The van der Waals surface area contributed by atoms with Crippen molar-refractivity contribution in [2.24, 2.45) is 0 Å². The van der Waals surface area contributed by atoms with Gasteiger partial charge in [-0.25, -0.2) is 4.79 Å². The van der Waals surface area contributed by atoms with E-state index in [4.69, 9.17) is 13.9 Å². The highest BCUT2D eigenvalue weighted by Crippen LogP contribution is 2.35. The minimum absolute atomic E-state index is 0.00168. The lowest BCUT2D eigenvalue weighted by molar-refractivity contribution is -0.123. The lowest BCUT2D eigenvalue weighted by atomic mass is 10.1. The molecule has 180 valence electrons. The Morgan fingerprint density at radius 2 is 1.89 bits per heavy atom. The van der Waals surface area contributed by atoms with Crippen LogP contribution in [0, 0.1) is 6.92 Å². The number of imide groups is 1. The largest absolute Gasteiger partial charge is 0.493 e. The number of ether oxygens (including phenoxy) is 3. The average Bonchev–Trinajstić information content (AvgIpc) is 3.43. The molecule has 4 rings (SSSR count). The van der Waals surface area contributed by atoms with Crippen LogP contribution in [0.3, 0.4) is 0 Å². The molecule has 1 saturated heterocycles. The van der Waals surface area contributed by atoms with E-state index in [1.807, 2.05) is 25.1 Å². The zero-order valence-corrected chi connectivity index (χ0v) is 20.2. The van der Waals surface area contributed by atoms with Gasteiger partial charge in [-0.05, 0) is 60.2 Å². The van der Waals surface area contributed by atoms with Gasteiger partial charge in [-0.1, -0.05) is 35.9 Å². The Bertz CT molecular complexity index is 1310. The molecule has 2 aromatic carbocycles. The van der Waals surface area contributed by atoms with Gasteiger partial charge in [0.2, 0.25) is 5.76 Å². The number of aryl methyl sites for hydroxylation is 1. The fourth-order valence-corrected chi connectivity index (χ4v) is 4.31. The van der Waals surface area contributed by atoms with Crippen LogP contribution in [-0.2, 0) is 22.7 Å². The summed E-state index contributed by atoms with van der Waals surface area (Å²) in [6.07, 6.45) is 1.62. The first-order chi connectivity index (χ1) is 16.9. The second kappa shape index (κ2) is 10.5. The van der Waals surface area contributed by atoms with Crippen molar-refractivity contribution in [3.8, 4) is 11.5 Å². The first kappa shape index (κ1) is 24.2. The molecular formula is C26H23NO7S. The van der Waals surface area contributed by atoms with E-state index in [-0.39, 0.29) is 17.2 Å². The molecule has 1 fully saturated rings. The van der Waals surface area contributed by atoms with E-state index in [1.54, 1.807) is 31.4 Å². The van der Waals surface area contributed by atoms with E-state index in [0.29, 0.717) is 29.4 Å². The van der Waals surface area contributed by atoms with Crippen LogP contribution >= 0.6 is 11.8 Å². The molecule has 2 amide bonds. The summed E-state index contributed by atoms with van der Waals surface area (Å²) in [6, 6.07) is 16.3. The van der Waals surface area contributed by atoms with E-state index in [2.05, 4.69) is 10.8 Å². The van der Waals surface area contributed by atoms with Gasteiger partial charge < -0.3 is 18.6 Å². The number of carbonyl (C=O) groups is 3. The average molecular weight is 494 g/mol. The van der Waals surface area contributed by atoms with Crippen LogP contribution in [0.4, 0.5) is 4.79 Å². The molecule has 0 aliphatic carbocycles. The summed E-state index contributed by atoms with van der Waals surface area (Å²) in [5.74, 6) is 0.294. The number of hydrogen-bond donors (Lipinski definition) is 0. The highest BCUT2D eigenvalue weighted by Gasteiger charge is 2.35. The summed E-state index contributed by atoms with van der Waals surface area (Å²) in [7, 11) is 2.78. The topological polar surface area (TPSA) is 95.3 Å². The first-order valence-electron chi connectivity index (χ1n) is 10.7. The second-order valence-corrected chi connectivity index (χ2v) is 8.71. The van der Waals surface area contributed by atoms with Gasteiger partial charge in [-0.3, -0.25) is 14.5 Å². The summed E-state index contributed by atoms with van der Waals surface area (Å²) in [5.41, 5.74) is 2.87. The number of nitrogens with zero attached hydrogens (tertiary/aromatic N) is 1. The van der Waals surface area contributed by atoms with E-state index in [0.717, 1.165) is 27.8 Å². The minimum Gasteiger partial charge on any atom is -0.493 e. The number of hydrogen-bond acceptors (Lipinski definition) is 8. The highest BCUT2D eigenvalue weighted by atomic mass is 32.2. The molecule has 9 heteroatoms. The van der Waals surface area contributed by atoms with Crippen molar-refractivity contribution in [1.82, 2.24) is 4.90 Å². The van der Waals surface area contributed by atoms with Gasteiger partial charge in [0.05, 0.1) is 25.7 Å². The predicted molar refractivity (Wildman–Crippen MR) is 130 cm³/mol. The summed E-state index contributed by atoms with van der Waals surface area (Å²) >= 11 is 0.833. The van der Waals surface area contributed by atoms with Crippen molar-refractivity contribution in [1.29, 1.82) is 0 Å². The number of methoxy groups -OCH3 is 2. The Balaban J connectivity index is 1.46. The van der Waals surface area contributed by atoms with E-state index in [1.165, 1.54) is 19.2 Å². The molecule has 1 aliphatic heterocycles. The number of thioether (sulfide) groups is 1. The molecule has 0 unspecified atom stereocenters. The normalized spacial score (nSPS) is 14.5. The summed E-state index contributed by atoms with van der Waals surface area (Å²) in [5, 5.41) is -0.428. The molecule has 1 aliphatic rings. The number of carbonyl (C=O) groups excluding carboxylic acids is 3. The van der Waals surface area contributed by atoms with Crippen LogP contribution in [0.5, 0.6) is 11.5 Å². The van der Waals surface area contributed by atoms with Crippen molar-refractivity contribution in [3.05, 3.63) is 87.7 Å². The Kier molecular flexibility index (Phi) is 7.26. The molecule has 0 spiro atoms. The van der Waals surface area contributed by atoms with Gasteiger partial charge >= 0.3 is 5.97 Å². The fraction of sp³-hybridized carbons (Fsp3) is 0.192. The maximum atomic E-state index is 12.9. The van der Waals surface area contributed by atoms with E-state index < -0.39 is 17.1 Å². The van der Waals surface area contributed by atoms with E-state index in [9.17, 15) is 14.4 Å². The number of amides is 2. The molecule has 0 N–H and O–H groups in total. The predicted octanol–water partition coefficient (Wildman–Crippen LogP) is 5.20. The molecule has 2 heterocycles. The highest BCUT2D eigenvalue weighted by molar-refractivity contribution is 8.18. The number of benzene rings is 2. The Hall–Kier alpha value is -3.98. The molecule has 0 atom stereocenters. The van der Waals surface area contributed by atoms with Gasteiger partial charge in [0.1, 0.15) is 12.4 Å².